The topological polar surface area (TPSA) is 74.9 Å². The molecule has 0 unspecified atom stereocenters. The molecular formula is C21H19N3O2S2. The summed E-state index contributed by atoms with van der Waals surface area (Å²) in [6.07, 6.45) is 2.02. The van der Waals surface area contributed by atoms with E-state index < -0.39 is 0 Å². The van der Waals surface area contributed by atoms with E-state index in [1.807, 2.05) is 30.5 Å². The quantitative estimate of drug-likeness (QED) is 0.629. The van der Waals surface area contributed by atoms with Crippen LogP contribution in [-0.2, 0) is 13.1 Å². The molecule has 0 aliphatic carbocycles. The molecule has 0 atom stereocenters. The second kappa shape index (κ2) is 8.91. The number of carbonyl (C=O) groups is 1. The van der Waals surface area contributed by atoms with Gasteiger partial charge in [0.2, 0.25) is 0 Å². The van der Waals surface area contributed by atoms with Gasteiger partial charge < -0.3 is 5.32 Å². The summed E-state index contributed by atoms with van der Waals surface area (Å²) in [5, 5.41) is 11.7. The summed E-state index contributed by atoms with van der Waals surface area (Å²) in [7, 11) is 0. The second-order valence-electron chi connectivity index (χ2n) is 6.21. The monoisotopic (exact) mass is 409 g/mol. The van der Waals surface area contributed by atoms with Crippen molar-refractivity contribution in [1.29, 1.82) is 5.26 Å². The van der Waals surface area contributed by atoms with Gasteiger partial charge in [-0.3, -0.25) is 14.2 Å². The van der Waals surface area contributed by atoms with Gasteiger partial charge >= 0.3 is 4.87 Å². The third-order valence-corrected chi connectivity index (χ3v) is 6.21. The van der Waals surface area contributed by atoms with Crippen molar-refractivity contribution < 1.29 is 4.79 Å². The maximum absolute atomic E-state index is 12.6. The Morgan fingerprint density at radius 1 is 1.14 bits per heavy atom. The minimum absolute atomic E-state index is 0.144. The summed E-state index contributed by atoms with van der Waals surface area (Å²) in [6.45, 7) is 2.58. The summed E-state index contributed by atoms with van der Waals surface area (Å²) in [5.41, 5.74) is 3.16. The Balaban J connectivity index is 1.71. The van der Waals surface area contributed by atoms with Crippen LogP contribution in [0.4, 0.5) is 0 Å². The number of nitriles is 1. The largest absolute Gasteiger partial charge is 0.347 e. The number of nitrogens with zero attached hydrogens (tertiary/aromatic N) is 2. The molecule has 28 heavy (non-hydrogen) atoms. The molecule has 5 nitrogen and oxygen atoms in total. The Hall–Kier alpha value is -2.82. The molecule has 0 spiro atoms. The summed E-state index contributed by atoms with van der Waals surface area (Å²) < 4.78 is 1.63. The van der Waals surface area contributed by atoms with Crippen molar-refractivity contribution in [2.45, 2.75) is 24.9 Å². The van der Waals surface area contributed by atoms with Gasteiger partial charge in [-0.15, -0.1) is 11.8 Å². The molecule has 1 N–H and O–H groups in total. The molecule has 0 fully saturated rings. The Bertz CT molecular complexity index is 1070. The fourth-order valence-electron chi connectivity index (χ4n) is 2.74. The molecule has 0 radical (unpaired) electrons. The van der Waals surface area contributed by atoms with E-state index in [4.69, 9.17) is 5.26 Å². The molecule has 3 rings (SSSR count). The lowest BCUT2D eigenvalue weighted by atomic mass is 10.1. The Morgan fingerprint density at radius 2 is 1.79 bits per heavy atom. The Labute approximate surface area is 171 Å². The van der Waals surface area contributed by atoms with Gasteiger partial charge in [-0.1, -0.05) is 35.6 Å². The predicted molar refractivity (Wildman–Crippen MR) is 113 cm³/mol. The van der Waals surface area contributed by atoms with Crippen LogP contribution in [0.25, 0.3) is 0 Å². The van der Waals surface area contributed by atoms with E-state index in [0.717, 1.165) is 22.5 Å². The lowest BCUT2D eigenvalue weighted by Gasteiger charge is -2.08. The maximum Gasteiger partial charge on any atom is 0.308 e. The van der Waals surface area contributed by atoms with Crippen LogP contribution in [0.3, 0.4) is 0 Å². The Morgan fingerprint density at radius 3 is 2.39 bits per heavy atom. The SMILES string of the molecule is CSc1ccc(Cn2c(C)c(C(=O)NCc3ccc(C#N)cc3)sc2=O)cc1. The van der Waals surface area contributed by atoms with Crippen molar-refractivity contribution in [3.8, 4) is 6.07 Å². The minimum atomic E-state index is -0.263. The van der Waals surface area contributed by atoms with Crippen LogP contribution in [0.2, 0.25) is 0 Å². The molecule has 142 valence electrons. The van der Waals surface area contributed by atoms with E-state index in [1.54, 1.807) is 47.5 Å². The van der Waals surface area contributed by atoms with Crippen LogP contribution in [0.1, 0.15) is 32.1 Å². The summed E-state index contributed by atoms with van der Waals surface area (Å²) in [6, 6.07) is 17.1. The first kappa shape index (κ1) is 19.9. The van der Waals surface area contributed by atoms with Crippen LogP contribution in [0.5, 0.6) is 0 Å². The average Bonchev–Trinajstić information content (AvgIpc) is 3.01. The highest BCUT2D eigenvalue weighted by Crippen LogP contribution is 2.17. The van der Waals surface area contributed by atoms with Gasteiger partial charge in [0.1, 0.15) is 4.88 Å². The van der Waals surface area contributed by atoms with E-state index in [0.29, 0.717) is 29.2 Å². The standard InChI is InChI=1S/C21H19N3O2S2/c1-14-19(20(25)23-12-16-5-3-15(11-22)4-6-16)28-21(26)24(14)13-17-7-9-18(27-2)10-8-17/h3-10H,12-13H2,1-2H3,(H,23,25). The number of thioether (sulfide) groups is 1. The zero-order valence-electron chi connectivity index (χ0n) is 15.6. The number of nitrogens with one attached hydrogen (secondary N) is 1. The fraction of sp³-hybridized carbons (Fsp3) is 0.190. The van der Waals surface area contributed by atoms with Gasteiger partial charge in [-0.2, -0.15) is 5.26 Å². The van der Waals surface area contributed by atoms with Crippen molar-refractivity contribution in [3.63, 3.8) is 0 Å². The maximum atomic E-state index is 12.6. The molecule has 3 aromatic rings. The molecule has 0 bridgehead atoms. The summed E-state index contributed by atoms with van der Waals surface area (Å²) >= 11 is 2.63. The van der Waals surface area contributed by atoms with Crippen LogP contribution >= 0.6 is 23.1 Å². The van der Waals surface area contributed by atoms with Gasteiger partial charge in [0.15, 0.2) is 0 Å². The highest BCUT2D eigenvalue weighted by atomic mass is 32.2. The van der Waals surface area contributed by atoms with Crippen molar-refractivity contribution >= 4 is 29.0 Å². The van der Waals surface area contributed by atoms with Crippen molar-refractivity contribution in [3.05, 3.63) is 85.5 Å². The molecule has 1 amide bonds. The number of hydrogen-bond acceptors (Lipinski definition) is 5. The first-order valence-electron chi connectivity index (χ1n) is 8.62. The molecule has 0 aliphatic rings. The van der Waals surface area contributed by atoms with Crippen molar-refractivity contribution in [2.75, 3.05) is 6.26 Å². The van der Waals surface area contributed by atoms with E-state index >= 15 is 0 Å². The van der Waals surface area contributed by atoms with Crippen LogP contribution in [0.15, 0.2) is 58.2 Å². The summed E-state index contributed by atoms with van der Waals surface area (Å²) in [5.74, 6) is -0.263. The fourth-order valence-corrected chi connectivity index (χ4v) is 4.06. The molecular weight excluding hydrogens is 390 g/mol. The van der Waals surface area contributed by atoms with Gasteiger partial charge in [-0.05, 0) is 48.6 Å². The lowest BCUT2D eigenvalue weighted by Crippen LogP contribution is -2.23. The molecule has 2 aromatic carbocycles. The molecule has 0 saturated heterocycles. The number of hydrogen-bond donors (Lipinski definition) is 1. The smallest absolute Gasteiger partial charge is 0.308 e. The van der Waals surface area contributed by atoms with Crippen LogP contribution in [0, 0.1) is 18.3 Å². The van der Waals surface area contributed by atoms with E-state index in [1.165, 1.54) is 4.90 Å². The van der Waals surface area contributed by atoms with Gasteiger partial charge in [0.25, 0.3) is 5.91 Å². The van der Waals surface area contributed by atoms with Gasteiger partial charge in [-0.25, -0.2) is 0 Å². The molecule has 7 heteroatoms. The third-order valence-electron chi connectivity index (χ3n) is 4.39. The van der Waals surface area contributed by atoms with E-state index in [9.17, 15) is 9.59 Å². The molecule has 0 aliphatic heterocycles. The zero-order chi connectivity index (χ0) is 20.1. The zero-order valence-corrected chi connectivity index (χ0v) is 17.2. The number of benzene rings is 2. The van der Waals surface area contributed by atoms with E-state index in [-0.39, 0.29) is 10.8 Å². The highest BCUT2D eigenvalue weighted by Gasteiger charge is 2.17. The van der Waals surface area contributed by atoms with Gasteiger partial charge in [0, 0.05) is 17.1 Å². The van der Waals surface area contributed by atoms with Crippen LogP contribution in [-0.4, -0.2) is 16.7 Å². The van der Waals surface area contributed by atoms with Crippen LogP contribution < -0.4 is 10.2 Å². The number of thiazole rings is 1. The van der Waals surface area contributed by atoms with Crippen molar-refractivity contribution in [1.82, 2.24) is 9.88 Å². The third kappa shape index (κ3) is 4.53. The number of amides is 1. The molecule has 0 saturated carbocycles. The highest BCUT2D eigenvalue weighted by molar-refractivity contribution is 7.98. The van der Waals surface area contributed by atoms with Gasteiger partial charge in [0.05, 0.1) is 18.2 Å². The molecule has 1 aromatic heterocycles. The van der Waals surface area contributed by atoms with E-state index in [2.05, 4.69) is 11.4 Å². The Kier molecular flexibility index (Phi) is 6.34. The predicted octanol–water partition coefficient (Wildman–Crippen LogP) is 3.79. The first-order valence-corrected chi connectivity index (χ1v) is 10.7. The number of rotatable bonds is 6. The van der Waals surface area contributed by atoms with Crippen molar-refractivity contribution in [2.24, 2.45) is 0 Å². The average molecular weight is 410 g/mol. The second-order valence-corrected chi connectivity index (χ2v) is 8.05. The number of carbonyl (C=O) groups excluding carboxylic acids is 1. The molecule has 1 heterocycles. The lowest BCUT2D eigenvalue weighted by molar-refractivity contribution is 0.0954. The number of aromatic nitrogens is 1. The summed E-state index contributed by atoms with van der Waals surface area (Å²) in [4.78, 5) is 26.4. The minimum Gasteiger partial charge on any atom is -0.347 e. The normalized spacial score (nSPS) is 10.5. The first-order chi connectivity index (χ1) is 13.5.